The van der Waals surface area contributed by atoms with Crippen LogP contribution in [0.1, 0.15) is 39.0 Å². The average Bonchev–Trinajstić information content (AvgIpc) is 2.43. The summed E-state index contributed by atoms with van der Waals surface area (Å²) in [6.45, 7) is 1.71. The summed E-state index contributed by atoms with van der Waals surface area (Å²) in [5.74, 6) is -0.136. The number of ether oxygens (including phenoxy) is 1. The fourth-order valence-corrected chi connectivity index (χ4v) is 1.86. The minimum absolute atomic E-state index is 0.0994. The molecule has 0 heterocycles. The van der Waals surface area contributed by atoms with Gasteiger partial charge in [-0.1, -0.05) is 19.3 Å². The summed E-state index contributed by atoms with van der Waals surface area (Å²) in [6.07, 6.45) is 4.07. The van der Waals surface area contributed by atoms with E-state index in [2.05, 4.69) is 5.32 Å². The molecule has 0 aromatic carbocycles. The first-order valence-corrected chi connectivity index (χ1v) is 5.66. The van der Waals surface area contributed by atoms with Crippen molar-refractivity contribution in [3.63, 3.8) is 0 Å². The Morgan fingerprint density at radius 1 is 1.40 bits per heavy atom. The van der Waals surface area contributed by atoms with Gasteiger partial charge in [-0.2, -0.15) is 0 Å². The van der Waals surface area contributed by atoms with Crippen molar-refractivity contribution in [1.82, 2.24) is 5.32 Å². The van der Waals surface area contributed by atoms with Gasteiger partial charge in [0, 0.05) is 7.11 Å². The summed E-state index contributed by atoms with van der Waals surface area (Å²) in [7, 11) is 1.51. The van der Waals surface area contributed by atoms with Crippen LogP contribution < -0.4 is 5.32 Å². The molecular formula is C11H21NO3. The van der Waals surface area contributed by atoms with Gasteiger partial charge in [0.05, 0.1) is 12.1 Å². The highest BCUT2D eigenvalue weighted by atomic mass is 16.5. The van der Waals surface area contributed by atoms with Crippen molar-refractivity contribution in [3.8, 4) is 0 Å². The zero-order valence-corrected chi connectivity index (χ0v) is 9.53. The van der Waals surface area contributed by atoms with Gasteiger partial charge in [0.25, 0.3) is 0 Å². The Bertz CT molecular complexity index is 208. The predicted octanol–water partition coefficient (Wildman–Crippen LogP) is 0.831. The van der Waals surface area contributed by atoms with Crippen LogP contribution in [0.2, 0.25) is 0 Å². The van der Waals surface area contributed by atoms with Crippen LogP contribution >= 0.6 is 0 Å². The molecule has 1 saturated carbocycles. The van der Waals surface area contributed by atoms with Gasteiger partial charge in [0.1, 0.15) is 6.10 Å². The first kappa shape index (κ1) is 12.5. The Hall–Kier alpha value is -0.610. The van der Waals surface area contributed by atoms with Gasteiger partial charge in [-0.25, -0.2) is 0 Å². The van der Waals surface area contributed by atoms with Crippen molar-refractivity contribution in [3.05, 3.63) is 0 Å². The molecular weight excluding hydrogens is 194 g/mol. The van der Waals surface area contributed by atoms with Gasteiger partial charge in [-0.3, -0.25) is 4.79 Å². The molecule has 1 aliphatic rings. The standard InChI is InChI=1S/C11H21NO3/c1-8(15-2)11(14)12-9-6-4-3-5-7-10(9)13/h8-10,13H,3-7H2,1-2H3,(H,12,14). The third-order valence-corrected chi connectivity index (χ3v) is 3.03. The first-order chi connectivity index (χ1) is 7.15. The molecule has 0 bridgehead atoms. The summed E-state index contributed by atoms with van der Waals surface area (Å²) in [5, 5.41) is 12.6. The van der Waals surface area contributed by atoms with Crippen molar-refractivity contribution in [2.75, 3.05) is 7.11 Å². The van der Waals surface area contributed by atoms with Crippen molar-refractivity contribution in [2.45, 2.75) is 57.3 Å². The molecule has 0 saturated heterocycles. The van der Waals surface area contributed by atoms with E-state index in [4.69, 9.17) is 4.74 Å². The molecule has 1 fully saturated rings. The number of aliphatic hydroxyl groups is 1. The summed E-state index contributed by atoms with van der Waals surface area (Å²) >= 11 is 0. The molecule has 1 rings (SSSR count). The number of amides is 1. The van der Waals surface area contributed by atoms with Crippen LogP contribution in [0.3, 0.4) is 0 Å². The SMILES string of the molecule is COC(C)C(=O)NC1CCCCCC1O. The molecule has 1 aliphatic carbocycles. The number of carbonyl (C=O) groups is 1. The van der Waals surface area contributed by atoms with Crippen LogP contribution in [-0.2, 0) is 9.53 Å². The van der Waals surface area contributed by atoms with Gasteiger partial charge in [0.15, 0.2) is 0 Å². The largest absolute Gasteiger partial charge is 0.391 e. The zero-order valence-electron chi connectivity index (χ0n) is 9.53. The Balaban J connectivity index is 2.44. The van der Waals surface area contributed by atoms with Gasteiger partial charge < -0.3 is 15.2 Å². The van der Waals surface area contributed by atoms with E-state index in [1.807, 2.05) is 0 Å². The number of rotatable bonds is 3. The Kier molecular flexibility index (Phi) is 5.05. The second-order valence-electron chi connectivity index (χ2n) is 4.20. The lowest BCUT2D eigenvalue weighted by molar-refractivity contribution is -0.131. The third kappa shape index (κ3) is 3.80. The Morgan fingerprint density at radius 3 is 2.73 bits per heavy atom. The highest BCUT2D eigenvalue weighted by Crippen LogP contribution is 2.18. The molecule has 0 aromatic heterocycles. The molecule has 15 heavy (non-hydrogen) atoms. The lowest BCUT2D eigenvalue weighted by atomic mass is 10.1. The lowest BCUT2D eigenvalue weighted by Gasteiger charge is -2.23. The number of nitrogens with one attached hydrogen (secondary N) is 1. The summed E-state index contributed by atoms with van der Waals surface area (Å²) < 4.78 is 4.93. The van der Waals surface area contributed by atoms with Crippen molar-refractivity contribution in [2.24, 2.45) is 0 Å². The molecule has 2 N–H and O–H groups in total. The van der Waals surface area contributed by atoms with Gasteiger partial charge in [-0.05, 0) is 19.8 Å². The quantitative estimate of drug-likeness (QED) is 0.686. The molecule has 0 aromatic rings. The highest BCUT2D eigenvalue weighted by molar-refractivity contribution is 5.80. The first-order valence-electron chi connectivity index (χ1n) is 5.66. The number of hydrogen-bond donors (Lipinski definition) is 2. The summed E-state index contributed by atoms with van der Waals surface area (Å²) in [4.78, 5) is 11.6. The fourth-order valence-electron chi connectivity index (χ4n) is 1.86. The van der Waals surface area contributed by atoms with E-state index < -0.39 is 12.2 Å². The van der Waals surface area contributed by atoms with E-state index in [0.717, 1.165) is 32.1 Å². The minimum atomic E-state index is -0.444. The normalized spacial score (nSPS) is 29.3. The van der Waals surface area contributed by atoms with Crippen LogP contribution in [0.5, 0.6) is 0 Å². The van der Waals surface area contributed by atoms with Crippen LogP contribution in [-0.4, -0.2) is 36.4 Å². The van der Waals surface area contributed by atoms with Crippen molar-refractivity contribution in [1.29, 1.82) is 0 Å². The highest BCUT2D eigenvalue weighted by Gasteiger charge is 2.24. The third-order valence-electron chi connectivity index (χ3n) is 3.03. The van der Waals surface area contributed by atoms with E-state index in [0.29, 0.717) is 0 Å². The van der Waals surface area contributed by atoms with Crippen LogP contribution in [0, 0.1) is 0 Å². The second kappa shape index (κ2) is 6.08. The smallest absolute Gasteiger partial charge is 0.249 e. The van der Waals surface area contributed by atoms with Gasteiger partial charge in [0.2, 0.25) is 5.91 Å². The number of carbonyl (C=O) groups excluding carboxylic acids is 1. The van der Waals surface area contributed by atoms with E-state index >= 15 is 0 Å². The Labute approximate surface area is 91.0 Å². The number of hydrogen-bond acceptors (Lipinski definition) is 3. The average molecular weight is 215 g/mol. The number of aliphatic hydroxyl groups excluding tert-OH is 1. The van der Waals surface area contributed by atoms with Gasteiger partial charge in [-0.15, -0.1) is 0 Å². The molecule has 4 heteroatoms. The van der Waals surface area contributed by atoms with E-state index in [1.54, 1.807) is 6.92 Å². The second-order valence-corrected chi connectivity index (χ2v) is 4.20. The molecule has 0 radical (unpaired) electrons. The zero-order chi connectivity index (χ0) is 11.3. The lowest BCUT2D eigenvalue weighted by Crippen LogP contribution is -2.46. The summed E-state index contributed by atoms with van der Waals surface area (Å²) in [6, 6.07) is -0.0994. The molecule has 88 valence electrons. The van der Waals surface area contributed by atoms with Crippen LogP contribution in [0.25, 0.3) is 0 Å². The van der Waals surface area contributed by atoms with Gasteiger partial charge >= 0.3 is 0 Å². The van der Waals surface area contributed by atoms with Crippen LogP contribution in [0.4, 0.5) is 0 Å². The molecule has 3 unspecified atom stereocenters. The van der Waals surface area contributed by atoms with E-state index in [-0.39, 0.29) is 11.9 Å². The molecule has 0 spiro atoms. The minimum Gasteiger partial charge on any atom is -0.391 e. The predicted molar refractivity (Wildman–Crippen MR) is 57.5 cm³/mol. The molecule has 0 aliphatic heterocycles. The summed E-state index contributed by atoms with van der Waals surface area (Å²) in [5.41, 5.74) is 0. The van der Waals surface area contributed by atoms with Crippen molar-refractivity contribution < 1.29 is 14.6 Å². The maximum absolute atomic E-state index is 11.6. The fraction of sp³-hybridized carbons (Fsp3) is 0.909. The van der Waals surface area contributed by atoms with E-state index in [9.17, 15) is 9.90 Å². The topological polar surface area (TPSA) is 58.6 Å². The Morgan fingerprint density at radius 2 is 2.07 bits per heavy atom. The molecule has 3 atom stereocenters. The monoisotopic (exact) mass is 215 g/mol. The van der Waals surface area contributed by atoms with Crippen LogP contribution in [0.15, 0.2) is 0 Å². The molecule has 1 amide bonds. The maximum Gasteiger partial charge on any atom is 0.249 e. The molecule has 4 nitrogen and oxygen atoms in total. The van der Waals surface area contributed by atoms with E-state index in [1.165, 1.54) is 7.11 Å². The van der Waals surface area contributed by atoms with Crippen molar-refractivity contribution >= 4 is 5.91 Å². The number of methoxy groups -OCH3 is 1. The maximum atomic E-state index is 11.6.